The molecule has 0 bridgehead atoms. The molecular weight excluding hydrogens is 475 g/mol. The summed E-state index contributed by atoms with van der Waals surface area (Å²) < 4.78 is 19.4. The van der Waals surface area contributed by atoms with Crippen molar-refractivity contribution >= 4 is 32.7 Å². The van der Waals surface area contributed by atoms with E-state index in [4.69, 9.17) is 4.74 Å². The summed E-state index contributed by atoms with van der Waals surface area (Å²) in [6.07, 6.45) is 0. The van der Waals surface area contributed by atoms with Gasteiger partial charge in [0.15, 0.2) is 0 Å². The van der Waals surface area contributed by atoms with Crippen molar-refractivity contribution in [2.75, 3.05) is 7.11 Å². The summed E-state index contributed by atoms with van der Waals surface area (Å²) >= 11 is 3.37. The molecule has 4 rings (SSSR count). The third kappa shape index (κ3) is 4.89. The summed E-state index contributed by atoms with van der Waals surface area (Å²) in [6, 6.07) is 20.2. The van der Waals surface area contributed by atoms with Crippen molar-refractivity contribution in [3.63, 3.8) is 0 Å². The van der Waals surface area contributed by atoms with Gasteiger partial charge >= 0.3 is 0 Å². The lowest BCUT2D eigenvalue weighted by Crippen LogP contribution is -2.32. The number of methoxy groups -OCH3 is 1. The van der Waals surface area contributed by atoms with Crippen LogP contribution in [0.2, 0.25) is 0 Å². The molecule has 0 aliphatic heterocycles. The highest BCUT2D eigenvalue weighted by Crippen LogP contribution is 2.20. The van der Waals surface area contributed by atoms with Crippen LogP contribution in [0.15, 0.2) is 82.1 Å². The van der Waals surface area contributed by atoms with Crippen molar-refractivity contribution in [3.05, 3.63) is 110 Å². The van der Waals surface area contributed by atoms with Gasteiger partial charge in [0.2, 0.25) is 0 Å². The zero-order valence-electron chi connectivity index (χ0n) is 17.3. The largest absolute Gasteiger partial charge is 0.497 e. The van der Waals surface area contributed by atoms with Gasteiger partial charge < -0.3 is 14.6 Å². The first-order valence-corrected chi connectivity index (χ1v) is 10.7. The molecule has 0 atom stereocenters. The van der Waals surface area contributed by atoms with Crippen LogP contribution in [0.1, 0.15) is 21.5 Å². The maximum Gasteiger partial charge on any atom is 0.254 e. The fourth-order valence-electron chi connectivity index (χ4n) is 3.46. The van der Waals surface area contributed by atoms with E-state index in [2.05, 4.69) is 20.9 Å². The van der Waals surface area contributed by atoms with Gasteiger partial charge in [-0.05, 0) is 65.5 Å². The highest BCUT2D eigenvalue weighted by Gasteiger charge is 2.19. The molecule has 0 aliphatic rings. The Labute approximate surface area is 192 Å². The quantitative estimate of drug-likeness (QED) is 0.396. The van der Waals surface area contributed by atoms with E-state index in [1.165, 1.54) is 12.1 Å². The van der Waals surface area contributed by atoms with Crippen LogP contribution in [-0.2, 0) is 13.1 Å². The molecule has 0 radical (unpaired) electrons. The van der Waals surface area contributed by atoms with E-state index in [1.807, 2.05) is 12.1 Å². The molecule has 0 aliphatic carbocycles. The van der Waals surface area contributed by atoms with E-state index in [0.717, 1.165) is 15.4 Å². The van der Waals surface area contributed by atoms with Crippen molar-refractivity contribution in [1.29, 1.82) is 0 Å². The number of hydrogen-bond acceptors (Lipinski definition) is 3. The molecule has 7 heteroatoms. The molecule has 0 saturated heterocycles. The van der Waals surface area contributed by atoms with Gasteiger partial charge in [0, 0.05) is 28.2 Å². The topological polar surface area (TPSA) is 62.4 Å². The lowest BCUT2D eigenvalue weighted by Gasteiger charge is -2.23. The second-order valence-electron chi connectivity index (χ2n) is 7.37. The first-order chi connectivity index (χ1) is 15.4. The van der Waals surface area contributed by atoms with E-state index in [-0.39, 0.29) is 30.4 Å². The molecule has 1 aromatic heterocycles. The molecule has 32 heavy (non-hydrogen) atoms. The number of carbonyl (C=O) groups is 1. The Balaban J connectivity index is 1.69. The fourth-order valence-corrected chi connectivity index (χ4v) is 3.72. The van der Waals surface area contributed by atoms with Crippen molar-refractivity contribution in [3.8, 4) is 5.75 Å². The first kappa shape index (κ1) is 21.8. The van der Waals surface area contributed by atoms with E-state index < -0.39 is 0 Å². The predicted octanol–water partition coefficient (Wildman–Crippen LogP) is 5.28. The molecule has 1 heterocycles. The van der Waals surface area contributed by atoms with Crippen LogP contribution in [0.4, 0.5) is 4.39 Å². The number of carbonyl (C=O) groups excluding carboxylic acids is 1. The highest BCUT2D eigenvalue weighted by atomic mass is 79.9. The summed E-state index contributed by atoms with van der Waals surface area (Å²) in [6.45, 7) is 0.332. The number of ether oxygens (including phenoxy) is 1. The van der Waals surface area contributed by atoms with Crippen molar-refractivity contribution in [2.45, 2.75) is 13.1 Å². The number of rotatable bonds is 6. The van der Waals surface area contributed by atoms with Gasteiger partial charge in [0.25, 0.3) is 11.5 Å². The normalized spacial score (nSPS) is 10.8. The van der Waals surface area contributed by atoms with E-state index in [0.29, 0.717) is 22.4 Å². The monoisotopic (exact) mass is 494 g/mol. The van der Waals surface area contributed by atoms with Gasteiger partial charge in [-0.2, -0.15) is 0 Å². The predicted molar refractivity (Wildman–Crippen MR) is 125 cm³/mol. The standard InChI is InChI=1S/C25H20BrFN2O3/c1-32-22-11-6-18-12-19(24(30)28-23(18)13-22)15-29(14-16-2-9-21(27)10-3-16)25(31)17-4-7-20(26)8-5-17/h2-13H,14-15H2,1H3,(H,28,30). The molecule has 0 saturated carbocycles. The van der Waals surface area contributed by atoms with Gasteiger partial charge in [-0.3, -0.25) is 9.59 Å². The van der Waals surface area contributed by atoms with Gasteiger partial charge in [0.05, 0.1) is 19.2 Å². The molecule has 0 spiro atoms. The summed E-state index contributed by atoms with van der Waals surface area (Å²) in [5, 5.41) is 0.832. The van der Waals surface area contributed by atoms with Crippen molar-refractivity contribution < 1.29 is 13.9 Å². The number of halogens is 2. The summed E-state index contributed by atoms with van der Waals surface area (Å²) in [5.41, 5.74) is 2.09. The van der Waals surface area contributed by atoms with Crippen LogP contribution in [0.5, 0.6) is 5.75 Å². The van der Waals surface area contributed by atoms with Crippen molar-refractivity contribution in [2.24, 2.45) is 0 Å². The molecule has 162 valence electrons. The molecule has 4 aromatic rings. The second-order valence-corrected chi connectivity index (χ2v) is 8.29. The maximum atomic E-state index is 13.3. The van der Waals surface area contributed by atoms with Crippen molar-refractivity contribution in [1.82, 2.24) is 9.88 Å². The van der Waals surface area contributed by atoms with Crippen LogP contribution in [0, 0.1) is 5.82 Å². The average Bonchev–Trinajstić information content (AvgIpc) is 2.80. The number of nitrogens with one attached hydrogen (secondary N) is 1. The van der Waals surface area contributed by atoms with Gasteiger partial charge in [-0.25, -0.2) is 4.39 Å². The average molecular weight is 495 g/mol. The van der Waals surface area contributed by atoms with Gasteiger partial charge in [-0.1, -0.05) is 28.1 Å². The first-order valence-electron chi connectivity index (χ1n) is 9.92. The Morgan fingerprint density at radius 2 is 1.72 bits per heavy atom. The Bertz CT molecular complexity index is 1320. The van der Waals surface area contributed by atoms with E-state index >= 15 is 0 Å². The number of H-pyrrole nitrogens is 1. The summed E-state index contributed by atoms with van der Waals surface area (Å²) in [5.74, 6) is 0.0706. The minimum atomic E-state index is -0.346. The molecule has 0 unspecified atom stereocenters. The number of nitrogens with zero attached hydrogens (tertiary/aromatic N) is 1. The van der Waals surface area contributed by atoms with Gasteiger partial charge in [-0.15, -0.1) is 0 Å². The number of aromatic nitrogens is 1. The minimum absolute atomic E-state index is 0.101. The number of benzene rings is 3. The fraction of sp³-hybridized carbons (Fsp3) is 0.120. The Morgan fingerprint density at radius 3 is 2.41 bits per heavy atom. The second kappa shape index (κ2) is 9.36. The van der Waals surface area contributed by atoms with Crippen LogP contribution in [-0.4, -0.2) is 22.9 Å². The van der Waals surface area contributed by atoms with E-state index in [9.17, 15) is 14.0 Å². The zero-order valence-corrected chi connectivity index (χ0v) is 18.9. The molecule has 1 amide bonds. The zero-order chi connectivity index (χ0) is 22.7. The van der Waals surface area contributed by atoms with Crippen LogP contribution in [0.3, 0.4) is 0 Å². The molecule has 5 nitrogen and oxygen atoms in total. The number of aromatic amines is 1. The highest BCUT2D eigenvalue weighted by molar-refractivity contribution is 9.10. The number of hydrogen-bond donors (Lipinski definition) is 1. The Hall–Kier alpha value is -3.45. The Morgan fingerprint density at radius 1 is 1.00 bits per heavy atom. The molecular formula is C25H20BrFN2O3. The number of pyridine rings is 1. The van der Waals surface area contributed by atoms with Gasteiger partial charge in [0.1, 0.15) is 11.6 Å². The maximum absolute atomic E-state index is 13.3. The lowest BCUT2D eigenvalue weighted by molar-refractivity contribution is 0.0729. The van der Waals surface area contributed by atoms with E-state index in [1.54, 1.807) is 60.5 Å². The Kier molecular flexibility index (Phi) is 6.37. The minimum Gasteiger partial charge on any atom is -0.497 e. The molecule has 3 aromatic carbocycles. The molecule has 1 N–H and O–H groups in total. The SMILES string of the molecule is COc1ccc2cc(CN(Cc3ccc(F)cc3)C(=O)c3ccc(Br)cc3)c(=O)[nH]c2c1. The lowest BCUT2D eigenvalue weighted by atomic mass is 10.1. The number of amides is 1. The smallest absolute Gasteiger partial charge is 0.254 e. The molecule has 0 fully saturated rings. The third-order valence-corrected chi connectivity index (χ3v) is 5.68. The summed E-state index contributed by atoms with van der Waals surface area (Å²) in [4.78, 5) is 30.5. The summed E-state index contributed by atoms with van der Waals surface area (Å²) in [7, 11) is 1.56. The van der Waals surface area contributed by atoms with Crippen LogP contribution >= 0.6 is 15.9 Å². The van der Waals surface area contributed by atoms with Crippen LogP contribution in [0.25, 0.3) is 10.9 Å². The third-order valence-electron chi connectivity index (χ3n) is 5.16. The van der Waals surface area contributed by atoms with Crippen LogP contribution < -0.4 is 10.3 Å². The number of fused-ring (bicyclic) bond motifs is 1.